The Kier molecular flexibility index (Phi) is 5.44. The van der Waals surface area contributed by atoms with Gasteiger partial charge in [-0.3, -0.25) is 9.10 Å². The largest absolute Gasteiger partial charge is 0.279 e. The zero-order chi connectivity index (χ0) is 17.2. The van der Waals surface area contributed by atoms with Crippen LogP contribution in [0.2, 0.25) is 0 Å². The fourth-order valence-corrected chi connectivity index (χ4v) is 4.15. The van der Waals surface area contributed by atoms with Gasteiger partial charge in [0, 0.05) is 4.47 Å². The van der Waals surface area contributed by atoms with Gasteiger partial charge in [-0.25, -0.2) is 12.8 Å². The van der Waals surface area contributed by atoms with E-state index in [1.54, 1.807) is 24.3 Å². The Morgan fingerprint density at radius 2 is 1.83 bits per heavy atom. The van der Waals surface area contributed by atoms with Crippen LogP contribution < -0.4 is 4.31 Å². The molecule has 2 aromatic carbocycles. The lowest BCUT2D eigenvalue weighted by molar-refractivity contribution is -0.112. The highest BCUT2D eigenvalue weighted by molar-refractivity contribution is 9.10. The lowest BCUT2D eigenvalue weighted by Gasteiger charge is -2.28. The molecule has 0 bridgehead atoms. The van der Waals surface area contributed by atoms with E-state index in [9.17, 15) is 17.6 Å². The van der Waals surface area contributed by atoms with Crippen molar-refractivity contribution in [2.45, 2.75) is 17.9 Å². The van der Waals surface area contributed by atoms with Crippen molar-refractivity contribution in [1.82, 2.24) is 0 Å². The van der Waals surface area contributed by atoms with Crippen molar-refractivity contribution < 1.29 is 17.6 Å². The number of halogens is 3. The SMILES string of the molecule is CC(C(=O)Cl)N(c1cccc(Br)c1)S(=O)(=O)c1ccc(F)cc1. The van der Waals surface area contributed by atoms with Gasteiger partial charge in [0.1, 0.15) is 11.9 Å². The Balaban J connectivity index is 2.61. The van der Waals surface area contributed by atoms with Crippen LogP contribution in [0.15, 0.2) is 57.9 Å². The Morgan fingerprint density at radius 3 is 2.35 bits per heavy atom. The van der Waals surface area contributed by atoms with Crippen LogP contribution in [0.5, 0.6) is 0 Å². The van der Waals surface area contributed by atoms with Gasteiger partial charge in [0.05, 0.1) is 10.6 Å². The number of hydrogen-bond donors (Lipinski definition) is 0. The van der Waals surface area contributed by atoms with Gasteiger partial charge in [-0.1, -0.05) is 22.0 Å². The zero-order valence-electron chi connectivity index (χ0n) is 11.9. The molecule has 1 unspecified atom stereocenters. The monoisotopic (exact) mass is 419 g/mol. The summed E-state index contributed by atoms with van der Waals surface area (Å²) in [4.78, 5) is 11.4. The van der Waals surface area contributed by atoms with Crippen molar-refractivity contribution in [2.24, 2.45) is 0 Å². The van der Waals surface area contributed by atoms with Gasteiger partial charge in [-0.15, -0.1) is 0 Å². The maximum absolute atomic E-state index is 13.0. The molecule has 0 radical (unpaired) electrons. The third-order valence-electron chi connectivity index (χ3n) is 3.11. The number of benzene rings is 2. The second-order valence-corrected chi connectivity index (χ2v) is 7.82. The van der Waals surface area contributed by atoms with Crippen molar-refractivity contribution in [1.29, 1.82) is 0 Å². The molecular weight excluding hydrogens is 409 g/mol. The van der Waals surface area contributed by atoms with Gasteiger partial charge in [-0.2, -0.15) is 0 Å². The summed E-state index contributed by atoms with van der Waals surface area (Å²) in [5, 5.41) is -0.823. The molecule has 0 N–H and O–H groups in total. The van der Waals surface area contributed by atoms with Crippen LogP contribution in [0, 0.1) is 5.82 Å². The zero-order valence-corrected chi connectivity index (χ0v) is 15.1. The van der Waals surface area contributed by atoms with E-state index < -0.39 is 27.1 Å². The molecule has 2 aromatic rings. The lowest BCUT2D eigenvalue weighted by Crippen LogP contribution is -2.42. The third-order valence-corrected chi connectivity index (χ3v) is 5.84. The highest BCUT2D eigenvalue weighted by atomic mass is 79.9. The second-order valence-electron chi connectivity index (χ2n) is 4.71. The number of hydrogen-bond acceptors (Lipinski definition) is 3. The molecule has 0 amide bonds. The quantitative estimate of drug-likeness (QED) is 0.689. The van der Waals surface area contributed by atoms with Crippen molar-refractivity contribution in [3.8, 4) is 0 Å². The maximum Gasteiger partial charge on any atom is 0.265 e. The minimum atomic E-state index is -4.09. The average molecular weight is 421 g/mol. The van der Waals surface area contributed by atoms with Crippen LogP contribution in [0.3, 0.4) is 0 Å². The molecule has 0 aliphatic carbocycles. The summed E-state index contributed by atoms with van der Waals surface area (Å²) < 4.78 is 40.4. The van der Waals surface area contributed by atoms with E-state index in [-0.39, 0.29) is 10.6 Å². The average Bonchev–Trinajstić information content (AvgIpc) is 2.47. The van der Waals surface area contributed by atoms with Gasteiger partial charge in [0.2, 0.25) is 5.24 Å². The number of rotatable bonds is 5. The summed E-state index contributed by atoms with van der Waals surface area (Å²) in [5.74, 6) is -0.556. The molecule has 0 heterocycles. The summed E-state index contributed by atoms with van der Waals surface area (Å²) >= 11 is 8.77. The molecule has 4 nitrogen and oxygen atoms in total. The molecule has 0 saturated carbocycles. The van der Waals surface area contributed by atoms with Gasteiger partial charge < -0.3 is 0 Å². The summed E-state index contributed by atoms with van der Waals surface area (Å²) in [7, 11) is -4.09. The first-order chi connectivity index (χ1) is 10.7. The van der Waals surface area contributed by atoms with Crippen LogP contribution >= 0.6 is 27.5 Å². The van der Waals surface area contributed by atoms with Crippen molar-refractivity contribution in [3.63, 3.8) is 0 Å². The van der Waals surface area contributed by atoms with Gasteiger partial charge in [0.15, 0.2) is 0 Å². The fourth-order valence-electron chi connectivity index (χ4n) is 2.00. The highest BCUT2D eigenvalue weighted by Gasteiger charge is 2.32. The molecule has 1 atom stereocenters. The van der Waals surface area contributed by atoms with Crippen LogP contribution in [0.1, 0.15) is 6.92 Å². The van der Waals surface area contributed by atoms with E-state index in [1.807, 2.05) is 0 Å². The van der Waals surface area contributed by atoms with Crippen molar-refractivity contribution >= 4 is 48.5 Å². The van der Waals surface area contributed by atoms with Gasteiger partial charge in [0.25, 0.3) is 10.0 Å². The molecule has 0 aliphatic heterocycles. The number of carbonyl (C=O) groups excluding carboxylic acids is 1. The predicted octanol–water partition coefficient (Wildman–Crippen LogP) is 3.94. The number of nitrogens with zero attached hydrogens (tertiary/aromatic N) is 1. The third kappa shape index (κ3) is 3.91. The Hall–Kier alpha value is -1.44. The lowest BCUT2D eigenvalue weighted by atomic mass is 10.3. The number of sulfonamides is 1. The summed E-state index contributed by atoms with van der Waals surface area (Å²) in [6.45, 7) is 1.39. The minimum absolute atomic E-state index is 0.136. The van der Waals surface area contributed by atoms with E-state index in [0.717, 1.165) is 28.6 Å². The van der Waals surface area contributed by atoms with Gasteiger partial charge >= 0.3 is 0 Å². The molecule has 0 fully saturated rings. The molecule has 0 saturated heterocycles. The maximum atomic E-state index is 13.0. The van der Waals surface area contributed by atoms with E-state index in [1.165, 1.54) is 6.92 Å². The Morgan fingerprint density at radius 1 is 1.22 bits per heavy atom. The Labute approximate surface area is 147 Å². The molecule has 0 spiro atoms. The summed E-state index contributed by atoms with van der Waals surface area (Å²) in [5.41, 5.74) is 0.269. The Bertz CT molecular complexity index is 827. The topological polar surface area (TPSA) is 54.5 Å². The first kappa shape index (κ1) is 17.9. The summed E-state index contributed by atoms with van der Waals surface area (Å²) in [6.07, 6.45) is 0. The molecule has 0 aliphatic rings. The number of carbonyl (C=O) groups is 1. The van der Waals surface area contributed by atoms with Crippen molar-refractivity contribution in [2.75, 3.05) is 4.31 Å². The molecule has 2 rings (SSSR count). The van der Waals surface area contributed by atoms with Crippen LogP contribution in [0.4, 0.5) is 10.1 Å². The number of anilines is 1. The molecule has 0 aromatic heterocycles. The normalized spacial score (nSPS) is 12.7. The first-order valence-electron chi connectivity index (χ1n) is 6.48. The van der Waals surface area contributed by atoms with Crippen molar-refractivity contribution in [3.05, 3.63) is 58.8 Å². The highest BCUT2D eigenvalue weighted by Crippen LogP contribution is 2.29. The minimum Gasteiger partial charge on any atom is -0.279 e. The van der Waals surface area contributed by atoms with Crippen LogP contribution in [-0.2, 0) is 14.8 Å². The first-order valence-corrected chi connectivity index (χ1v) is 9.09. The molecule has 8 heteroatoms. The molecule has 23 heavy (non-hydrogen) atoms. The smallest absolute Gasteiger partial charge is 0.265 e. The van der Waals surface area contributed by atoms with E-state index in [4.69, 9.17) is 11.6 Å². The van der Waals surface area contributed by atoms with E-state index in [2.05, 4.69) is 15.9 Å². The van der Waals surface area contributed by atoms with Gasteiger partial charge in [-0.05, 0) is 61.0 Å². The second kappa shape index (κ2) is 6.98. The summed E-state index contributed by atoms with van der Waals surface area (Å²) in [6, 6.07) is 9.69. The van der Waals surface area contributed by atoms with E-state index in [0.29, 0.717) is 4.47 Å². The van der Waals surface area contributed by atoms with E-state index >= 15 is 0 Å². The van der Waals surface area contributed by atoms with Crippen LogP contribution in [0.25, 0.3) is 0 Å². The fraction of sp³-hybridized carbons (Fsp3) is 0.133. The predicted molar refractivity (Wildman–Crippen MR) is 90.5 cm³/mol. The van der Waals surface area contributed by atoms with Crippen LogP contribution in [-0.4, -0.2) is 19.7 Å². The molecule has 122 valence electrons. The standard InChI is InChI=1S/C15H12BrClFNO3S/c1-10(15(17)20)19(13-4-2-3-11(16)9-13)23(21,22)14-7-5-12(18)6-8-14/h2-10H,1H3. The molecular formula is C15H12BrClFNO3S.